The molecule has 0 atom stereocenters. The Labute approximate surface area is 205 Å². The first-order valence-electron chi connectivity index (χ1n) is 14.5. The molecule has 1 heterocycles. The Morgan fingerprint density at radius 1 is 0.606 bits per heavy atom. The van der Waals surface area contributed by atoms with Crippen molar-refractivity contribution in [1.29, 1.82) is 0 Å². The topological polar surface area (TPSA) is 8.81 Å². The monoisotopic (exact) mass is 453 g/mol. The number of aryl methyl sites for hydroxylation is 3. The lowest BCUT2D eigenvalue weighted by atomic mass is 10.1. The van der Waals surface area contributed by atoms with Gasteiger partial charge in [-0.2, -0.15) is 0 Å². The summed E-state index contributed by atoms with van der Waals surface area (Å²) in [5.74, 6) is 1.57. The maximum Gasteiger partial charge on any atom is 0.256 e. The quantitative estimate of drug-likeness (QED) is 0.132. The van der Waals surface area contributed by atoms with Crippen LogP contribution in [0.15, 0.2) is 42.7 Å². The van der Waals surface area contributed by atoms with Gasteiger partial charge >= 0.3 is 0 Å². The van der Waals surface area contributed by atoms with E-state index in [4.69, 9.17) is 0 Å². The van der Waals surface area contributed by atoms with Crippen LogP contribution in [0, 0.1) is 0 Å². The predicted molar refractivity (Wildman–Crippen MR) is 144 cm³/mol. The van der Waals surface area contributed by atoms with Crippen LogP contribution in [0.3, 0.4) is 0 Å². The molecule has 0 spiro atoms. The molecule has 0 amide bonds. The van der Waals surface area contributed by atoms with E-state index in [9.17, 15) is 0 Å². The lowest BCUT2D eigenvalue weighted by molar-refractivity contribution is -0.704. The fourth-order valence-electron chi connectivity index (χ4n) is 4.95. The van der Waals surface area contributed by atoms with Crippen LogP contribution in [0.25, 0.3) is 0 Å². The van der Waals surface area contributed by atoms with Crippen molar-refractivity contribution in [2.75, 3.05) is 0 Å². The van der Waals surface area contributed by atoms with Gasteiger partial charge in [0.15, 0.2) is 0 Å². The van der Waals surface area contributed by atoms with Crippen LogP contribution in [-0.2, 0) is 25.9 Å². The minimum atomic E-state index is 1.14. The summed E-state index contributed by atoms with van der Waals surface area (Å²) in [5.41, 5.74) is 1.46. The van der Waals surface area contributed by atoms with Crippen molar-refractivity contribution in [3.8, 4) is 0 Å². The second-order valence-electron chi connectivity index (χ2n) is 10.0. The van der Waals surface area contributed by atoms with Gasteiger partial charge in [-0.05, 0) is 37.7 Å². The predicted octanol–water partition coefficient (Wildman–Crippen LogP) is 8.84. The SMILES string of the molecule is CCCCCCCCCCCn1cc[n+](CCCc2ccccc2)c1CCCCCCCC. The minimum Gasteiger partial charge on any atom is -0.234 e. The Kier molecular flexibility index (Phi) is 15.8. The zero-order valence-corrected chi connectivity index (χ0v) is 22.1. The zero-order chi connectivity index (χ0) is 23.4. The molecular weight excluding hydrogens is 400 g/mol. The first kappa shape index (κ1) is 27.7. The molecule has 2 nitrogen and oxygen atoms in total. The van der Waals surface area contributed by atoms with Gasteiger partial charge in [-0.25, -0.2) is 9.13 Å². The van der Waals surface area contributed by atoms with E-state index < -0.39 is 0 Å². The van der Waals surface area contributed by atoms with Gasteiger partial charge in [0, 0.05) is 6.42 Å². The molecule has 0 saturated carbocycles. The van der Waals surface area contributed by atoms with E-state index in [-0.39, 0.29) is 0 Å². The first-order chi connectivity index (χ1) is 16.3. The second kappa shape index (κ2) is 18.8. The van der Waals surface area contributed by atoms with Gasteiger partial charge in [0.2, 0.25) is 0 Å². The zero-order valence-electron chi connectivity index (χ0n) is 22.1. The van der Waals surface area contributed by atoms with Crippen molar-refractivity contribution >= 4 is 0 Å². The Morgan fingerprint density at radius 2 is 1.18 bits per heavy atom. The molecule has 2 heteroatoms. The summed E-state index contributed by atoms with van der Waals surface area (Å²) in [4.78, 5) is 0. The summed E-state index contributed by atoms with van der Waals surface area (Å²) in [6.45, 7) is 6.95. The smallest absolute Gasteiger partial charge is 0.234 e. The van der Waals surface area contributed by atoms with Gasteiger partial charge < -0.3 is 0 Å². The number of rotatable bonds is 21. The summed E-state index contributed by atoms with van der Waals surface area (Å²) < 4.78 is 5.14. The van der Waals surface area contributed by atoms with Crippen LogP contribution in [0.5, 0.6) is 0 Å². The molecule has 1 aromatic carbocycles. The molecule has 0 fully saturated rings. The molecule has 186 valence electrons. The fourth-order valence-corrected chi connectivity index (χ4v) is 4.95. The van der Waals surface area contributed by atoms with E-state index in [0.717, 1.165) is 6.54 Å². The third-order valence-electron chi connectivity index (χ3n) is 7.05. The van der Waals surface area contributed by atoms with Crippen LogP contribution in [0.4, 0.5) is 0 Å². The molecule has 0 saturated heterocycles. The molecule has 0 aliphatic heterocycles. The lowest BCUT2D eigenvalue weighted by Gasteiger charge is -2.07. The highest BCUT2D eigenvalue weighted by atomic mass is 15.1. The van der Waals surface area contributed by atoms with E-state index in [0.29, 0.717) is 0 Å². The van der Waals surface area contributed by atoms with Crippen LogP contribution in [-0.4, -0.2) is 4.57 Å². The van der Waals surface area contributed by atoms with Crippen molar-refractivity contribution < 1.29 is 4.57 Å². The average Bonchev–Trinajstić information content (AvgIpc) is 3.22. The van der Waals surface area contributed by atoms with Crippen LogP contribution >= 0.6 is 0 Å². The number of hydrogen-bond acceptors (Lipinski definition) is 0. The number of unbranched alkanes of at least 4 members (excludes halogenated alkanes) is 13. The molecular formula is C31H53N2+. The lowest BCUT2D eigenvalue weighted by Crippen LogP contribution is -2.37. The summed E-state index contributed by atoms with van der Waals surface area (Å²) >= 11 is 0. The Morgan fingerprint density at radius 3 is 1.82 bits per heavy atom. The first-order valence-corrected chi connectivity index (χ1v) is 14.5. The fraction of sp³-hybridized carbons (Fsp3) is 0.710. The largest absolute Gasteiger partial charge is 0.256 e. The van der Waals surface area contributed by atoms with Crippen LogP contribution in [0.1, 0.15) is 128 Å². The van der Waals surface area contributed by atoms with Crippen molar-refractivity contribution in [2.45, 2.75) is 143 Å². The number of hydrogen-bond donors (Lipinski definition) is 0. The van der Waals surface area contributed by atoms with Crippen molar-refractivity contribution in [3.63, 3.8) is 0 Å². The molecule has 2 aromatic rings. The summed E-state index contributed by atoms with van der Waals surface area (Å²) in [6.07, 6.45) is 29.3. The molecule has 33 heavy (non-hydrogen) atoms. The van der Waals surface area contributed by atoms with E-state index in [1.165, 1.54) is 128 Å². The van der Waals surface area contributed by atoms with Crippen molar-refractivity contribution in [2.24, 2.45) is 0 Å². The van der Waals surface area contributed by atoms with Gasteiger partial charge in [0.1, 0.15) is 12.4 Å². The molecule has 0 radical (unpaired) electrons. The van der Waals surface area contributed by atoms with Gasteiger partial charge in [-0.15, -0.1) is 0 Å². The van der Waals surface area contributed by atoms with Gasteiger partial charge in [-0.3, -0.25) is 0 Å². The third-order valence-corrected chi connectivity index (χ3v) is 7.05. The van der Waals surface area contributed by atoms with E-state index in [1.807, 2.05) is 0 Å². The highest BCUT2D eigenvalue weighted by Crippen LogP contribution is 2.13. The number of benzene rings is 1. The Balaban J connectivity index is 1.76. The van der Waals surface area contributed by atoms with E-state index in [1.54, 1.807) is 5.82 Å². The number of nitrogens with zero attached hydrogens (tertiary/aromatic N) is 2. The Bertz CT molecular complexity index is 688. The van der Waals surface area contributed by atoms with Crippen LogP contribution < -0.4 is 4.57 Å². The number of aromatic nitrogens is 2. The maximum atomic E-state index is 2.58. The highest BCUT2D eigenvalue weighted by molar-refractivity contribution is 5.14. The summed E-state index contributed by atoms with van der Waals surface area (Å²) in [5, 5.41) is 0. The van der Waals surface area contributed by atoms with E-state index >= 15 is 0 Å². The molecule has 0 aliphatic carbocycles. The molecule has 0 unspecified atom stereocenters. The maximum absolute atomic E-state index is 2.58. The van der Waals surface area contributed by atoms with Crippen LogP contribution in [0.2, 0.25) is 0 Å². The van der Waals surface area contributed by atoms with Gasteiger partial charge in [-0.1, -0.05) is 121 Å². The van der Waals surface area contributed by atoms with Crippen molar-refractivity contribution in [1.82, 2.24) is 4.57 Å². The van der Waals surface area contributed by atoms with Crippen molar-refractivity contribution in [3.05, 3.63) is 54.1 Å². The summed E-state index contributed by atoms with van der Waals surface area (Å²) in [7, 11) is 0. The molecule has 1 aromatic heterocycles. The normalized spacial score (nSPS) is 11.3. The highest BCUT2D eigenvalue weighted by Gasteiger charge is 2.16. The van der Waals surface area contributed by atoms with Gasteiger partial charge in [0.25, 0.3) is 5.82 Å². The average molecular weight is 454 g/mol. The minimum absolute atomic E-state index is 1.14. The van der Waals surface area contributed by atoms with Gasteiger partial charge in [0.05, 0.1) is 13.1 Å². The standard InChI is InChI=1S/C31H53N2/c1-3-5-7-9-11-12-13-15-20-26-32-28-29-33(27-21-24-30-22-17-16-18-23-30)31(32)25-19-14-10-8-6-4-2/h16-18,22-23,28-29H,3-15,19-21,24-27H2,1-2H3/q+1. The third kappa shape index (κ3) is 12.5. The number of imidazole rings is 1. The second-order valence-corrected chi connectivity index (χ2v) is 10.0. The molecule has 0 aliphatic rings. The molecule has 0 N–H and O–H groups in total. The Hall–Kier alpha value is -1.57. The van der Waals surface area contributed by atoms with E-state index in [2.05, 4.69) is 65.7 Å². The molecule has 2 rings (SSSR count). The summed E-state index contributed by atoms with van der Waals surface area (Å²) in [6, 6.07) is 11.0. The molecule has 0 bridgehead atoms.